The third-order valence-corrected chi connectivity index (χ3v) is 5.86. The zero-order valence-corrected chi connectivity index (χ0v) is 24.0. The Kier molecular flexibility index (Phi) is 15.2. The molecule has 0 saturated heterocycles. The maximum atomic E-state index is 11.4. The molecule has 4 heterocycles. The van der Waals surface area contributed by atoms with Crippen molar-refractivity contribution >= 4 is 28.1 Å². The number of nitriles is 2. The Hall–Kier alpha value is -5.04. The van der Waals surface area contributed by atoms with E-state index in [2.05, 4.69) is 19.9 Å². The van der Waals surface area contributed by atoms with Crippen LogP contribution in [0, 0.1) is 42.4 Å². The molecule has 212 valence electrons. The lowest BCUT2D eigenvalue weighted by molar-refractivity contribution is 0.0696. The third-order valence-electron chi connectivity index (χ3n) is 4.82. The van der Waals surface area contributed by atoms with Crippen molar-refractivity contribution in [3.05, 3.63) is 89.9 Å². The number of nitrogens with zero attached hydrogens (tertiary/aromatic N) is 6. The summed E-state index contributed by atoms with van der Waals surface area (Å²) in [5.74, 6) is -1.14. The average Bonchev–Trinajstić information content (AvgIpc) is 3.32. The molecule has 12 heteroatoms. The van der Waals surface area contributed by atoms with Crippen LogP contribution in [0.15, 0.2) is 67.4 Å². The van der Waals surface area contributed by atoms with E-state index in [0.717, 1.165) is 27.0 Å². The molecule has 0 aliphatic rings. The van der Waals surface area contributed by atoms with Crippen molar-refractivity contribution in [3.8, 4) is 22.7 Å². The van der Waals surface area contributed by atoms with E-state index in [9.17, 15) is 9.59 Å². The molecule has 0 spiro atoms. The average molecular weight is 573 g/mol. The van der Waals surface area contributed by atoms with Gasteiger partial charge in [-0.2, -0.15) is 10.5 Å². The Balaban J connectivity index is 0.000000290. The standard InChI is InChI=1S/C10H11N3S.C10H10N2O.C6H5NO2.C3H6N2/c1-6-5-8(3-4-12-6)10-13-7(2)9(11)14-10;1-8(7-11)6-10(13)9-2-4-12-5-3-9;8-6(9)5-1-3-7-4-2-5;1-3(5)2-4/h3-5H,11H2,1-2H3;2-5,8H,6H2,1H3;1-4H,(H,8,9);3H,5H2,1H3. The number of carboxylic acid groups (broad SMARTS) is 1. The highest BCUT2D eigenvalue weighted by Crippen LogP contribution is 2.29. The Morgan fingerprint density at radius 1 is 0.951 bits per heavy atom. The maximum Gasteiger partial charge on any atom is 0.335 e. The molecule has 4 aromatic heterocycles. The lowest BCUT2D eigenvalue weighted by atomic mass is 10.0. The highest BCUT2D eigenvalue weighted by molar-refractivity contribution is 7.18. The quantitative estimate of drug-likeness (QED) is 0.275. The number of pyridine rings is 3. The van der Waals surface area contributed by atoms with Gasteiger partial charge in [-0.25, -0.2) is 9.78 Å². The number of ketones is 1. The number of aromatic carboxylic acids is 1. The Bertz CT molecular complexity index is 1440. The van der Waals surface area contributed by atoms with Gasteiger partial charge in [-0.05, 0) is 64.1 Å². The number of carbonyl (C=O) groups is 2. The van der Waals surface area contributed by atoms with E-state index in [-0.39, 0.29) is 29.7 Å². The monoisotopic (exact) mass is 572 g/mol. The summed E-state index contributed by atoms with van der Waals surface area (Å²) in [5.41, 5.74) is 14.6. The smallest absolute Gasteiger partial charge is 0.335 e. The summed E-state index contributed by atoms with van der Waals surface area (Å²) in [6.07, 6.45) is 8.11. The number of Topliss-reactive ketones (excluding diaryl/α,β-unsaturated/α-hetero) is 1. The molecule has 0 aliphatic heterocycles. The van der Waals surface area contributed by atoms with E-state index >= 15 is 0 Å². The van der Waals surface area contributed by atoms with Gasteiger partial charge in [0.2, 0.25) is 0 Å². The molecule has 0 amide bonds. The van der Waals surface area contributed by atoms with Crippen molar-refractivity contribution in [1.29, 1.82) is 10.5 Å². The zero-order valence-electron chi connectivity index (χ0n) is 23.2. The van der Waals surface area contributed by atoms with Crippen molar-refractivity contribution in [2.75, 3.05) is 5.73 Å². The number of hydrogen-bond donors (Lipinski definition) is 3. The van der Waals surface area contributed by atoms with Crippen molar-refractivity contribution in [1.82, 2.24) is 19.9 Å². The fourth-order valence-electron chi connectivity index (χ4n) is 2.68. The minimum atomic E-state index is -0.919. The molecule has 0 saturated carbocycles. The third kappa shape index (κ3) is 13.5. The number of carboxylic acids is 1. The minimum absolute atomic E-state index is 0.00329. The van der Waals surface area contributed by atoms with Crippen LogP contribution in [0.2, 0.25) is 0 Å². The van der Waals surface area contributed by atoms with Crippen molar-refractivity contribution in [2.24, 2.45) is 11.7 Å². The van der Waals surface area contributed by atoms with Crippen LogP contribution in [-0.2, 0) is 0 Å². The summed E-state index contributed by atoms with van der Waals surface area (Å²) in [6.45, 7) is 7.26. The lowest BCUT2D eigenvalue weighted by Crippen LogP contribution is -2.09. The maximum absolute atomic E-state index is 11.4. The van der Waals surface area contributed by atoms with Gasteiger partial charge < -0.3 is 16.6 Å². The van der Waals surface area contributed by atoms with E-state index in [1.807, 2.05) is 32.0 Å². The zero-order chi connectivity index (χ0) is 30.8. The Morgan fingerprint density at radius 2 is 1.49 bits per heavy atom. The van der Waals surface area contributed by atoms with Crippen molar-refractivity contribution in [3.63, 3.8) is 0 Å². The highest BCUT2D eigenvalue weighted by Gasteiger charge is 2.09. The fraction of sp³-hybridized carbons (Fsp3) is 0.241. The molecule has 0 radical (unpaired) electrons. The van der Waals surface area contributed by atoms with Gasteiger partial charge in [-0.3, -0.25) is 19.7 Å². The second kappa shape index (κ2) is 18.3. The second-order valence-corrected chi connectivity index (χ2v) is 9.54. The topological polar surface area (TPSA) is 206 Å². The molecule has 5 N–H and O–H groups in total. The molecule has 2 unspecified atom stereocenters. The number of aromatic nitrogens is 4. The van der Waals surface area contributed by atoms with Gasteiger partial charge in [0.05, 0.1) is 35.4 Å². The van der Waals surface area contributed by atoms with Crippen LogP contribution >= 0.6 is 11.3 Å². The first-order valence-corrected chi connectivity index (χ1v) is 13.1. The first kappa shape index (κ1) is 34.0. The highest BCUT2D eigenvalue weighted by atomic mass is 32.1. The van der Waals surface area contributed by atoms with Crippen LogP contribution in [0.1, 0.15) is 52.4 Å². The van der Waals surface area contributed by atoms with E-state index in [1.165, 1.54) is 35.9 Å². The number of nitrogens with two attached hydrogens (primary N) is 2. The van der Waals surface area contributed by atoms with E-state index in [1.54, 1.807) is 50.6 Å². The normalized spacial score (nSPS) is 10.8. The van der Waals surface area contributed by atoms with Gasteiger partial charge in [0, 0.05) is 54.2 Å². The lowest BCUT2D eigenvalue weighted by Gasteiger charge is -2.00. The molecule has 0 fully saturated rings. The number of aryl methyl sites for hydroxylation is 2. The molecule has 2 atom stereocenters. The van der Waals surface area contributed by atoms with Crippen LogP contribution in [0.4, 0.5) is 5.00 Å². The first-order chi connectivity index (χ1) is 19.5. The molecule has 4 rings (SSSR count). The molecule has 11 nitrogen and oxygen atoms in total. The molecule has 0 aromatic carbocycles. The van der Waals surface area contributed by atoms with Gasteiger partial charge in [0.1, 0.15) is 10.0 Å². The van der Waals surface area contributed by atoms with Crippen molar-refractivity contribution < 1.29 is 14.7 Å². The summed E-state index contributed by atoms with van der Waals surface area (Å²) in [4.78, 5) is 37.6. The number of nitrogen functional groups attached to an aromatic ring is 1. The second-order valence-electron chi connectivity index (χ2n) is 8.51. The Labute approximate surface area is 243 Å². The van der Waals surface area contributed by atoms with Gasteiger partial charge in [0.25, 0.3) is 0 Å². The predicted molar refractivity (Wildman–Crippen MR) is 158 cm³/mol. The minimum Gasteiger partial charge on any atom is -0.478 e. The summed E-state index contributed by atoms with van der Waals surface area (Å²) in [6, 6.07) is 13.7. The van der Waals surface area contributed by atoms with Crippen LogP contribution in [-0.4, -0.2) is 42.8 Å². The summed E-state index contributed by atoms with van der Waals surface area (Å²) in [7, 11) is 0. The van der Waals surface area contributed by atoms with E-state index < -0.39 is 5.97 Å². The number of rotatable bonds is 5. The molecule has 41 heavy (non-hydrogen) atoms. The molecule has 0 aliphatic carbocycles. The number of thiazole rings is 1. The van der Waals surface area contributed by atoms with Crippen LogP contribution < -0.4 is 11.5 Å². The Morgan fingerprint density at radius 3 is 1.88 bits per heavy atom. The SMILES string of the molecule is CC(C#N)CC(=O)c1ccncc1.CC(N)C#N.Cc1cc(-c2nc(C)c(N)s2)ccn1.O=C(O)c1ccncc1. The van der Waals surface area contributed by atoms with E-state index in [0.29, 0.717) is 5.56 Å². The van der Waals surface area contributed by atoms with E-state index in [4.69, 9.17) is 27.1 Å². The van der Waals surface area contributed by atoms with Gasteiger partial charge in [-0.15, -0.1) is 0 Å². The number of hydrogen-bond acceptors (Lipinski definition) is 11. The molecular formula is C29H32N8O3S. The fourth-order valence-corrected chi connectivity index (χ4v) is 3.51. The van der Waals surface area contributed by atoms with Crippen LogP contribution in [0.5, 0.6) is 0 Å². The molecule has 0 bridgehead atoms. The summed E-state index contributed by atoms with van der Waals surface area (Å²) in [5, 5.41) is 26.4. The van der Waals surface area contributed by atoms with Crippen molar-refractivity contribution in [2.45, 2.75) is 40.2 Å². The molecule has 4 aromatic rings. The summed E-state index contributed by atoms with van der Waals surface area (Å²) < 4.78 is 0. The van der Waals surface area contributed by atoms with Gasteiger partial charge in [0.15, 0.2) is 5.78 Å². The first-order valence-electron chi connectivity index (χ1n) is 12.3. The van der Waals surface area contributed by atoms with Gasteiger partial charge >= 0.3 is 5.97 Å². The van der Waals surface area contributed by atoms with Gasteiger partial charge in [-0.1, -0.05) is 11.3 Å². The largest absolute Gasteiger partial charge is 0.478 e. The number of carbonyl (C=O) groups excluding carboxylic acids is 1. The predicted octanol–water partition coefficient (Wildman–Crippen LogP) is 4.86. The van der Waals surface area contributed by atoms with Crippen LogP contribution in [0.25, 0.3) is 10.6 Å². The summed E-state index contributed by atoms with van der Waals surface area (Å²) >= 11 is 1.52. The van der Waals surface area contributed by atoms with Crippen LogP contribution in [0.3, 0.4) is 0 Å². The number of anilines is 1. The molecular weight excluding hydrogens is 540 g/mol.